The summed E-state index contributed by atoms with van der Waals surface area (Å²) in [6.07, 6.45) is -2.36. The Morgan fingerprint density at radius 2 is 1.85 bits per heavy atom. The van der Waals surface area contributed by atoms with Crippen LogP contribution in [0.3, 0.4) is 0 Å². The molecule has 11 heteroatoms. The van der Waals surface area contributed by atoms with E-state index in [1.54, 1.807) is 0 Å². The average molecular weight is 404 g/mol. The van der Waals surface area contributed by atoms with Crippen molar-refractivity contribution in [3.8, 4) is 11.1 Å². The number of benzene rings is 1. The first kappa shape index (κ1) is 19.0. The van der Waals surface area contributed by atoms with Gasteiger partial charge >= 0.3 is 6.18 Å². The van der Waals surface area contributed by atoms with E-state index in [0.29, 0.717) is 0 Å². The van der Waals surface area contributed by atoms with Gasteiger partial charge in [0.15, 0.2) is 0 Å². The first-order valence-electron chi connectivity index (χ1n) is 7.49. The molecule has 0 saturated heterocycles. The maximum absolute atomic E-state index is 14.4. The van der Waals surface area contributed by atoms with Gasteiger partial charge in [0, 0.05) is 6.54 Å². The quantitative estimate of drug-likeness (QED) is 0.362. The van der Waals surface area contributed by atoms with Crippen molar-refractivity contribution < 1.29 is 22.0 Å². The summed E-state index contributed by atoms with van der Waals surface area (Å²) >= 11 is 6.10. The third kappa shape index (κ3) is 3.70. The van der Waals surface area contributed by atoms with Gasteiger partial charge in [0.2, 0.25) is 0 Å². The lowest BCUT2D eigenvalue weighted by Crippen LogP contribution is -2.36. The van der Waals surface area contributed by atoms with Gasteiger partial charge in [-0.25, -0.2) is 8.78 Å². The highest BCUT2D eigenvalue weighted by atomic mass is 35.5. The van der Waals surface area contributed by atoms with Crippen LogP contribution >= 0.6 is 11.6 Å². The van der Waals surface area contributed by atoms with Crippen LogP contribution in [0.1, 0.15) is 0 Å². The van der Waals surface area contributed by atoms with E-state index in [1.807, 2.05) is 0 Å². The fraction of sp³-hybridized carbons (Fsp3) is 0.188. The van der Waals surface area contributed by atoms with Crippen molar-refractivity contribution in [1.82, 2.24) is 19.6 Å². The number of nitrogens with zero attached hydrogens (tertiary/aromatic N) is 5. The zero-order valence-electron chi connectivity index (χ0n) is 13.5. The van der Waals surface area contributed by atoms with Crippen LogP contribution in [0, 0.1) is 11.6 Å². The van der Waals surface area contributed by atoms with E-state index in [1.165, 1.54) is 6.08 Å². The molecular weight excluding hydrogens is 393 g/mol. The van der Waals surface area contributed by atoms with Crippen LogP contribution in [0.25, 0.3) is 16.9 Å². The number of rotatable bonds is 5. The molecule has 0 saturated carbocycles. The van der Waals surface area contributed by atoms with Gasteiger partial charge in [-0.3, -0.25) is 0 Å². The predicted octanol–water partition coefficient (Wildman–Crippen LogP) is 4.28. The third-order valence-corrected chi connectivity index (χ3v) is 3.86. The van der Waals surface area contributed by atoms with Gasteiger partial charge in [0.25, 0.3) is 5.78 Å². The maximum Gasteiger partial charge on any atom is 0.405 e. The molecule has 3 rings (SSSR count). The fourth-order valence-electron chi connectivity index (χ4n) is 2.64. The smallest absolute Gasteiger partial charge is 0.343 e. The summed E-state index contributed by atoms with van der Waals surface area (Å²) in [6, 6.07) is 3.05. The van der Waals surface area contributed by atoms with Gasteiger partial charge in [0.1, 0.15) is 35.5 Å². The topological polar surface area (TPSA) is 46.3 Å². The van der Waals surface area contributed by atoms with Crippen LogP contribution in [0.2, 0.25) is 5.15 Å². The second-order valence-corrected chi connectivity index (χ2v) is 5.81. The second-order valence-electron chi connectivity index (χ2n) is 5.45. The molecule has 0 aliphatic carbocycles. The van der Waals surface area contributed by atoms with Crippen molar-refractivity contribution in [2.24, 2.45) is 0 Å². The Morgan fingerprint density at radius 1 is 1.19 bits per heavy atom. The molecule has 2 aromatic heterocycles. The highest BCUT2D eigenvalue weighted by Crippen LogP contribution is 2.39. The first-order valence-corrected chi connectivity index (χ1v) is 7.87. The molecule has 27 heavy (non-hydrogen) atoms. The third-order valence-electron chi connectivity index (χ3n) is 3.59. The fourth-order valence-corrected chi connectivity index (χ4v) is 2.90. The largest absolute Gasteiger partial charge is 0.405 e. The van der Waals surface area contributed by atoms with Crippen molar-refractivity contribution in [3.63, 3.8) is 0 Å². The summed E-state index contributed by atoms with van der Waals surface area (Å²) in [5, 5.41) is 3.42. The van der Waals surface area contributed by atoms with E-state index in [0.717, 1.165) is 33.9 Å². The SMILES string of the molecule is C=CCN(CC(F)(F)F)c1c(-c2c(F)cccc2F)c(Cl)nc2ncnn12. The molecule has 0 fully saturated rings. The second kappa shape index (κ2) is 7.10. The molecule has 0 atom stereocenters. The van der Waals surface area contributed by atoms with Crippen molar-refractivity contribution in [3.05, 3.63) is 54.0 Å². The summed E-state index contributed by atoms with van der Waals surface area (Å²) in [5.41, 5.74) is -0.977. The molecule has 0 aliphatic heterocycles. The molecule has 0 radical (unpaired) electrons. The monoisotopic (exact) mass is 403 g/mol. The maximum atomic E-state index is 14.4. The number of alkyl halides is 3. The molecule has 0 spiro atoms. The normalized spacial score (nSPS) is 11.8. The van der Waals surface area contributed by atoms with Crippen molar-refractivity contribution in [2.45, 2.75) is 6.18 Å². The zero-order chi connectivity index (χ0) is 19.8. The summed E-state index contributed by atoms with van der Waals surface area (Å²) in [7, 11) is 0. The van der Waals surface area contributed by atoms with Crippen molar-refractivity contribution in [2.75, 3.05) is 18.0 Å². The molecular formula is C16H11ClF5N5. The van der Waals surface area contributed by atoms with Gasteiger partial charge in [0.05, 0.1) is 11.1 Å². The Hall–Kier alpha value is -2.75. The Bertz CT molecular complexity index is 981. The predicted molar refractivity (Wildman–Crippen MR) is 89.6 cm³/mol. The average Bonchev–Trinajstić information content (AvgIpc) is 3.01. The van der Waals surface area contributed by atoms with Crippen LogP contribution in [0.5, 0.6) is 0 Å². The highest BCUT2D eigenvalue weighted by molar-refractivity contribution is 6.33. The summed E-state index contributed by atoms with van der Waals surface area (Å²) < 4.78 is 69.0. The molecule has 0 bridgehead atoms. The highest BCUT2D eigenvalue weighted by Gasteiger charge is 2.34. The molecule has 0 aliphatic rings. The van der Waals surface area contributed by atoms with E-state index in [9.17, 15) is 22.0 Å². The zero-order valence-corrected chi connectivity index (χ0v) is 14.3. The first-order chi connectivity index (χ1) is 12.7. The summed E-state index contributed by atoms with van der Waals surface area (Å²) in [4.78, 5) is 8.47. The van der Waals surface area contributed by atoms with Crippen LogP contribution in [0.4, 0.5) is 27.8 Å². The van der Waals surface area contributed by atoms with E-state index in [2.05, 4.69) is 21.6 Å². The van der Waals surface area contributed by atoms with Gasteiger partial charge in [-0.05, 0) is 12.1 Å². The molecule has 1 aromatic carbocycles. The number of hydrogen-bond donors (Lipinski definition) is 0. The minimum absolute atomic E-state index is 0.119. The molecule has 3 aromatic rings. The number of hydrogen-bond acceptors (Lipinski definition) is 4. The standard InChI is InChI=1S/C16H11ClF5N5/c1-2-6-26(7-16(20,21)22)14-12(11-9(18)4-3-5-10(11)19)13(17)25-15-23-8-24-27(14)15/h2-5,8H,1,6-7H2. The molecule has 0 amide bonds. The Morgan fingerprint density at radius 3 is 2.44 bits per heavy atom. The lowest BCUT2D eigenvalue weighted by molar-refractivity contribution is -0.119. The van der Waals surface area contributed by atoms with Crippen LogP contribution in [-0.2, 0) is 0 Å². The number of anilines is 1. The lowest BCUT2D eigenvalue weighted by Gasteiger charge is -2.27. The van der Waals surface area contributed by atoms with Crippen LogP contribution in [-0.4, -0.2) is 38.8 Å². The molecule has 142 valence electrons. The minimum Gasteiger partial charge on any atom is -0.343 e. The van der Waals surface area contributed by atoms with Gasteiger partial charge in [-0.2, -0.15) is 32.8 Å². The van der Waals surface area contributed by atoms with E-state index < -0.39 is 35.1 Å². The van der Waals surface area contributed by atoms with E-state index >= 15 is 0 Å². The summed E-state index contributed by atoms with van der Waals surface area (Å²) in [5.74, 6) is -2.44. The van der Waals surface area contributed by atoms with Crippen LogP contribution in [0.15, 0.2) is 37.2 Å². The Kier molecular flexibility index (Phi) is 5.01. The Labute approximate surface area is 154 Å². The lowest BCUT2D eigenvalue weighted by atomic mass is 10.1. The molecule has 5 nitrogen and oxygen atoms in total. The number of aromatic nitrogens is 4. The van der Waals surface area contributed by atoms with E-state index in [-0.39, 0.29) is 23.7 Å². The Balaban J connectivity index is 2.38. The van der Waals surface area contributed by atoms with Gasteiger partial charge in [-0.1, -0.05) is 23.7 Å². The number of fused-ring (bicyclic) bond motifs is 1. The summed E-state index contributed by atoms with van der Waals surface area (Å²) in [6.45, 7) is 1.71. The van der Waals surface area contributed by atoms with Gasteiger partial charge in [-0.15, -0.1) is 6.58 Å². The molecule has 2 heterocycles. The minimum atomic E-state index is -4.61. The molecule has 0 N–H and O–H groups in total. The van der Waals surface area contributed by atoms with Gasteiger partial charge < -0.3 is 4.90 Å². The van der Waals surface area contributed by atoms with E-state index in [4.69, 9.17) is 11.6 Å². The van der Waals surface area contributed by atoms with Crippen molar-refractivity contribution >= 4 is 23.2 Å². The number of halogens is 6. The van der Waals surface area contributed by atoms with Crippen molar-refractivity contribution in [1.29, 1.82) is 0 Å². The molecule has 0 unspecified atom stereocenters. The van der Waals surface area contributed by atoms with Crippen LogP contribution < -0.4 is 4.90 Å².